The van der Waals surface area contributed by atoms with Gasteiger partial charge in [-0.15, -0.1) is 0 Å². The molecule has 5 aromatic carbocycles. The molecule has 4 nitrogen and oxygen atoms in total. The lowest BCUT2D eigenvalue weighted by Gasteiger charge is -2.13. The van der Waals surface area contributed by atoms with Gasteiger partial charge in [-0.25, -0.2) is 0 Å². The highest BCUT2D eigenvalue weighted by Gasteiger charge is 2.07. The smallest absolute Gasteiger partial charge is 0.0583 e. The number of fused-ring (bicyclic) bond motifs is 4. The SMILES string of the molecule is Nc1cc2ccc(CNc3cc4c(ccc5ccccc54)cc3N)cc2cc1N. The molecule has 0 saturated heterocycles. The zero-order valence-corrected chi connectivity index (χ0v) is 15.9. The van der Waals surface area contributed by atoms with E-state index in [9.17, 15) is 0 Å². The first kappa shape index (κ1) is 17.2. The maximum Gasteiger partial charge on any atom is 0.0583 e. The van der Waals surface area contributed by atoms with E-state index in [1.807, 2.05) is 18.2 Å². The number of nitrogens with two attached hydrogens (primary N) is 3. The van der Waals surface area contributed by atoms with Crippen molar-refractivity contribution in [2.45, 2.75) is 6.54 Å². The highest BCUT2D eigenvalue weighted by Crippen LogP contribution is 2.32. The molecule has 7 N–H and O–H groups in total. The summed E-state index contributed by atoms with van der Waals surface area (Å²) >= 11 is 0. The first-order valence-electron chi connectivity index (χ1n) is 9.61. The van der Waals surface area contributed by atoms with Crippen LogP contribution >= 0.6 is 0 Å². The van der Waals surface area contributed by atoms with Crippen molar-refractivity contribution in [2.75, 3.05) is 22.5 Å². The van der Waals surface area contributed by atoms with Crippen molar-refractivity contribution in [3.8, 4) is 0 Å². The Bertz CT molecular complexity index is 1390. The van der Waals surface area contributed by atoms with Crippen LogP contribution < -0.4 is 22.5 Å². The van der Waals surface area contributed by atoms with Crippen LogP contribution in [0.3, 0.4) is 0 Å². The summed E-state index contributed by atoms with van der Waals surface area (Å²) in [6.07, 6.45) is 0. The van der Waals surface area contributed by atoms with Crippen LogP contribution in [0.1, 0.15) is 5.56 Å². The molecule has 4 heteroatoms. The maximum absolute atomic E-state index is 6.33. The van der Waals surface area contributed by atoms with Gasteiger partial charge in [0.05, 0.1) is 22.7 Å². The number of hydrogen-bond donors (Lipinski definition) is 4. The van der Waals surface area contributed by atoms with Gasteiger partial charge >= 0.3 is 0 Å². The second kappa shape index (κ2) is 6.60. The van der Waals surface area contributed by atoms with E-state index < -0.39 is 0 Å². The van der Waals surface area contributed by atoms with E-state index in [1.165, 1.54) is 16.2 Å². The normalized spacial score (nSPS) is 11.3. The molecule has 0 fully saturated rings. The van der Waals surface area contributed by atoms with E-state index in [0.29, 0.717) is 17.9 Å². The van der Waals surface area contributed by atoms with Crippen LogP contribution in [-0.2, 0) is 6.54 Å². The highest BCUT2D eigenvalue weighted by molar-refractivity contribution is 6.10. The van der Waals surface area contributed by atoms with Crippen LogP contribution in [-0.4, -0.2) is 0 Å². The highest BCUT2D eigenvalue weighted by atomic mass is 14.9. The van der Waals surface area contributed by atoms with Gasteiger partial charge in [-0.3, -0.25) is 0 Å². The molecule has 0 heterocycles. The summed E-state index contributed by atoms with van der Waals surface area (Å²) < 4.78 is 0. The minimum atomic E-state index is 0.605. The molecule has 142 valence electrons. The summed E-state index contributed by atoms with van der Waals surface area (Å²) in [6.45, 7) is 0.667. The number of rotatable bonds is 3. The van der Waals surface area contributed by atoms with Crippen LogP contribution in [0, 0.1) is 0 Å². The van der Waals surface area contributed by atoms with Gasteiger partial charge in [0.25, 0.3) is 0 Å². The predicted molar refractivity (Wildman–Crippen MR) is 126 cm³/mol. The molecule has 29 heavy (non-hydrogen) atoms. The molecular weight excluding hydrogens is 356 g/mol. The quantitative estimate of drug-likeness (QED) is 0.246. The molecule has 5 rings (SSSR count). The van der Waals surface area contributed by atoms with Crippen molar-refractivity contribution in [2.24, 2.45) is 0 Å². The fraction of sp³-hybridized carbons (Fsp3) is 0.0400. The number of nitrogens with one attached hydrogen (secondary N) is 1. The first-order chi connectivity index (χ1) is 14.1. The molecule has 5 aromatic rings. The molecule has 0 atom stereocenters. The third kappa shape index (κ3) is 3.05. The van der Waals surface area contributed by atoms with Gasteiger partial charge in [-0.2, -0.15) is 0 Å². The average Bonchev–Trinajstić information content (AvgIpc) is 2.73. The summed E-state index contributed by atoms with van der Waals surface area (Å²) in [7, 11) is 0. The van der Waals surface area contributed by atoms with Crippen LogP contribution in [0.4, 0.5) is 22.7 Å². The zero-order chi connectivity index (χ0) is 20.0. The summed E-state index contributed by atoms with van der Waals surface area (Å²) in [4.78, 5) is 0. The maximum atomic E-state index is 6.33. The number of anilines is 4. The molecule has 0 saturated carbocycles. The fourth-order valence-corrected chi connectivity index (χ4v) is 3.92. The Morgan fingerprint density at radius 3 is 2.10 bits per heavy atom. The lowest BCUT2D eigenvalue weighted by molar-refractivity contribution is 1.16. The third-order valence-electron chi connectivity index (χ3n) is 5.50. The van der Waals surface area contributed by atoms with Gasteiger partial charge in [-0.1, -0.05) is 48.5 Å². The molecular formula is C25H22N4. The summed E-state index contributed by atoms with van der Waals surface area (Å²) in [5.74, 6) is 0. The number of nitrogen functional groups attached to an aromatic ring is 3. The van der Waals surface area contributed by atoms with Crippen molar-refractivity contribution in [3.05, 3.63) is 84.4 Å². The van der Waals surface area contributed by atoms with Gasteiger partial charge < -0.3 is 22.5 Å². The number of benzene rings is 5. The molecule has 0 aromatic heterocycles. The van der Waals surface area contributed by atoms with Crippen molar-refractivity contribution < 1.29 is 0 Å². The molecule has 0 spiro atoms. The summed E-state index contributed by atoms with van der Waals surface area (Å²) in [5, 5.41) is 10.4. The lowest BCUT2D eigenvalue weighted by atomic mass is 10.0. The van der Waals surface area contributed by atoms with Crippen LogP contribution in [0.15, 0.2) is 78.9 Å². The molecule has 0 radical (unpaired) electrons. The lowest BCUT2D eigenvalue weighted by Crippen LogP contribution is -2.03. The predicted octanol–water partition coefficient (Wildman–Crippen LogP) is 5.50. The van der Waals surface area contributed by atoms with Crippen LogP contribution in [0.5, 0.6) is 0 Å². The zero-order valence-electron chi connectivity index (χ0n) is 15.9. The van der Waals surface area contributed by atoms with E-state index in [2.05, 4.69) is 66.0 Å². The Balaban J connectivity index is 1.50. The topological polar surface area (TPSA) is 90.1 Å². The summed E-state index contributed by atoms with van der Waals surface area (Å²) in [5.41, 5.74) is 22.2. The van der Waals surface area contributed by atoms with Crippen molar-refractivity contribution in [1.82, 2.24) is 0 Å². The Morgan fingerprint density at radius 2 is 1.24 bits per heavy atom. The van der Waals surface area contributed by atoms with Gasteiger partial charge in [0.15, 0.2) is 0 Å². The van der Waals surface area contributed by atoms with Crippen LogP contribution in [0.2, 0.25) is 0 Å². The minimum absolute atomic E-state index is 0.605. The van der Waals surface area contributed by atoms with Crippen molar-refractivity contribution in [1.29, 1.82) is 0 Å². The molecule has 0 bridgehead atoms. The Hall–Kier alpha value is -3.92. The molecule has 0 unspecified atom stereocenters. The van der Waals surface area contributed by atoms with E-state index in [0.717, 1.165) is 33.1 Å². The minimum Gasteiger partial charge on any atom is -0.397 e. The molecule has 0 aliphatic carbocycles. The fourth-order valence-electron chi connectivity index (χ4n) is 3.92. The van der Waals surface area contributed by atoms with Crippen LogP contribution in [0.25, 0.3) is 32.3 Å². The average molecular weight is 378 g/mol. The van der Waals surface area contributed by atoms with Crippen molar-refractivity contribution in [3.63, 3.8) is 0 Å². The Kier molecular flexibility index (Phi) is 3.91. The first-order valence-corrected chi connectivity index (χ1v) is 9.61. The standard InChI is InChI=1S/C25H22N4/c26-22-10-17-6-5-15(9-19(17)12-23(22)27)14-29-25-13-21-18(11-24(25)28)8-7-16-3-1-2-4-20(16)21/h1-13,29H,14,26-28H2. The molecule has 0 amide bonds. The van der Waals surface area contributed by atoms with E-state index in [4.69, 9.17) is 17.2 Å². The number of hydrogen-bond acceptors (Lipinski definition) is 4. The largest absolute Gasteiger partial charge is 0.397 e. The molecule has 0 aliphatic rings. The Labute approximate surface area is 168 Å². The monoisotopic (exact) mass is 378 g/mol. The van der Waals surface area contributed by atoms with E-state index in [1.54, 1.807) is 0 Å². The second-order valence-corrected chi connectivity index (χ2v) is 7.46. The van der Waals surface area contributed by atoms with Gasteiger partial charge in [0.1, 0.15) is 0 Å². The van der Waals surface area contributed by atoms with Gasteiger partial charge in [0, 0.05) is 6.54 Å². The summed E-state index contributed by atoms with van der Waals surface area (Å²) in [6, 6.07) is 27.0. The van der Waals surface area contributed by atoms with Crippen molar-refractivity contribution >= 4 is 55.1 Å². The van der Waals surface area contributed by atoms with Gasteiger partial charge in [-0.05, 0) is 68.2 Å². The third-order valence-corrected chi connectivity index (χ3v) is 5.50. The van der Waals surface area contributed by atoms with E-state index >= 15 is 0 Å². The van der Waals surface area contributed by atoms with Gasteiger partial charge in [0.2, 0.25) is 0 Å². The van der Waals surface area contributed by atoms with E-state index in [-0.39, 0.29) is 0 Å². The Morgan fingerprint density at radius 1 is 0.552 bits per heavy atom. The molecule has 0 aliphatic heterocycles. The second-order valence-electron chi connectivity index (χ2n) is 7.46.